The zero-order valence-electron chi connectivity index (χ0n) is 9.51. The fraction of sp³-hybridized carbons (Fsp3) is 0.700. The highest BCUT2D eigenvalue weighted by atomic mass is 32.1. The molecule has 0 aromatic carbocycles. The Bertz CT molecular complexity index is 419. The summed E-state index contributed by atoms with van der Waals surface area (Å²) < 4.78 is 29.7. The predicted octanol–water partition coefficient (Wildman–Crippen LogP) is 2.60. The molecule has 1 aromatic heterocycles. The van der Waals surface area contributed by atoms with Crippen molar-refractivity contribution in [1.29, 1.82) is 0 Å². The average molecular weight is 277 g/mol. The second-order valence-electron chi connectivity index (χ2n) is 4.19. The van der Waals surface area contributed by atoms with E-state index in [4.69, 9.17) is 10.5 Å². The molecule has 1 saturated carbocycles. The minimum absolute atomic E-state index is 0.128. The van der Waals surface area contributed by atoms with Crippen molar-refractivity contribution in [3.8, 4) is 0 Å². The van der Waals surface area contributed by atoms with Crippen molar-refractivity contribution >= 4 is 17.4 Å². The van der Waals surface area contributed by atoms with Crippen molar-refractivity contribution < 1.29 is 18.3 Å². The SMILES string of the molecule is NC(=O)O[C@H]1CC[C@H](c2nnc(C(F)F)s2)CC1. The molecule has 2 rings (SSSR count). The van der Waals surface area contributed by atoms with Crippen LogP contribution in [0.25, 0.3) is 0 Å². The maximum Gasteiger partial charge on any atom is 0.404 e. The molecule has 2 N–H and O–H groups in total. The van der Waals surface area contributed by atoms with E-state index in [1.807, 2.05) is 0 Å². The first-order valence-electron chi connectivity index (χ1n) is 5.63. The van der Waals surface area contributed by atoms with Crippen LogP contribution in [0.1, 0.15) is 48.0 Å². The number of amides is 1. The van der Waals surface area contributed by atoms with Gasteiger partial charge in [-0.25, -0.2) is 13.6 Å². The lowest BCUT2D eigenvalue weighted by atomic mass is 9.88. The van der Waals surface area contributed by atoms with Crippen LogP contribution in [0.4, 0.5) is 13.6 Å². The normalized spacial score (nSPS) is 24.2. The Morgan fingerprint density at radius 2 is 2.00 bits per heavy atom. The highest BCUT2D eigenvalue weighted by Gasteiger charge is 2.27. The Kier molecular flexibility index (Phi) is 4.05. The second-order valence-corrected chi connectivity index (χ2v) is 5.23. The van der Waals surface area contributed by atoms with Gasteiger partial charge < -0.3 is 10.5 Å². The first-order chi connectivity index (χ1) is 8.56. The van der Waals surface area contributed by atoms with Gasteiger partial charge in [0.2, 0.25) is 0 Å². The van der Waals surface area contributed by atoms with E-state index in [9.17, 15) is 13.6 Å². The molecule has 1 aliphatic carbocycles. The number of aromatic nitrogens is 2. The van der Waals surface area contributed by atoms with E-state index in [0.717, 1.165) is 24.2 Å². The zero-order chi connectivity index (χ0) is 13.1. The van der Waals surface area contributed by atoms with Crippen molar-refractivity contribution in [2.24, 2.45) is 5.73 Å². The molecule has 5 nitrogen and oxygen atoms in total. The summed E-state index contributed by atoms with van der Waals surface area (Å²) in [4.78, 5) is 10.6. The minimum atomic E-state index is -2.56. The summed E-state index contributed by atoms with van der Waals surface area (Å²) in [6, 6.07) is 0. The van der Waals surface area contributed by atoms with E-state index in [-0.39, 0.29) is 17.0 Å². The maximum atomic E-state index is 12.4. The van der Waals surface area contributed by atoms with Gasteiger partial charge in [-0.15, -0.1) is 10.2 Å². The Morgan fingerprint density at radius 1 is 1.33 bits per heavy atom. The van der Waals surface area contributed by atoms with E-state index >= 15 is 0 Å². The molecule has 1 fully saturated rings. The van der Waals surface area contributed by atoms with Gasteiger partial charge in [0.1, 0.15) is 11.1 Å². The van der Waals surface area contributed by atoms with Crippen molar-refractivity contribution in [1.82, 2.24) is 10.2 Å². The summed E-state index contributed by atoms with van der Waals surface area (Å²) in [5.74, 6) is 0.128. The number of nitrogens with two attached hydrogens (primary N) is 1. The molecule has 0 saturated heterocycles. The summed E-state index contributed by atoms with van der Waals surface area (Å²) in [5.41, 5.74) is 4.94. The number of ether oxygens (including phenoxy) is 1. The minimum Gasteiger partial charge on any atom is -0.446 e. The number of hydrogen-bond acceptors (Lipinski definition) is 5. The van der Waals surface area contributed by atoms with E-state index in [2.05, 4.69) is 10.2 Å². The van der Waals surface area contributed by atoms with Crippen LogP contribution in [0.15, 0.2) is 0 Å². The Hall–Kier alpha value is -1.31. The Labute approximate surface area is 106 Å². The van der Waals surface area contributed by atoms with Crippen molar-refractivity contribution in [2.75, 3.05) is 0 Å². The summed E-state index contributed by atoms with van der Waals surface area (Å²) >= 11 is 0.958. The van der Waals surface area contributed by atoms with Gasteiger partial charge in [-0.2, -0.15) is 0 Å². The second kappa shape index (κ2) is 5.55. The highest BCUT2D eigenvalue weighted by Crippen LogP contribution is 2.36. The van der Waals surface area contributed by atoms with Gasteiger partial charge in [0, 0.05) is 5.92 Å². The molecule has 1 aromatic rings. The third-order valence-electron chi connectivity index (χ3n) is 2.95. The molecule has 8 heteroatoms. The highest BCUT2D eigenvalue weighted by molar-refractivity contribution is 7.11. The van der Waals surface area contributed by atoms with Gasteiger partial charge in [0.25, 0.3) is 6.43 Å². The lowest BCUT2D eigenvalue weighted by Gasteiger charge is -2.26. The van der Waals surface area contributed by atoms with Crippen LogP contribution in [0.5, 0.6) is 0 Å². The van der Waals surface area contributed by atoms with Crippen LogP contribution in [0.2, 0.25) is 0 Å². The Morgan fingerprint density at radius 3 is 2.50 bits per heavy atom. The summed E-state index contributed by atoms with van der Waals surface area (Å²) in [7, 11) is 0. The molecule has 100 valence electrons. The lowest BCUT2D eigenvalue weighted by Crippen LogP contribution is -2.26. The largest absolute Gasteiger partial charge is 0.446 e. The van der Waals surface area contributed by atoms with Crippen LogP contribution in [0, 0.1) is 0 Å². The quantitative estimate of drug-likeness (QED) is 0.921. The predicted molar refractivity (Wildman–Crippen MR) is 60.5 cm³/mol. The van der Waals surface area contributed by atoms with Gasteiger partial charge in [-0.05, 0) is 25.7 Å². The monoisotopic (exact) mass is 277 g/mol. The Balaban J connectivity index is 1.90. The molecule has 1 amide bonds. The molecule has 18 heavy (non-hydrogen) atoms. The van der Waals surface area contributed by atoms with Crippen molar-refractivity contribution in [3.05, 3.63) is 10.0 Å². The number of carbonyl (C=O) groups is 1. The van der Waals surface area contributed by atoms with Crippen LogP contribution < -0.4 is 5.73 Å². The molecule has 0 atom stereocenters. The van der Waals surface area contributed by atoms with Gasteiger partial charge in [0.15, 0.2) is 5.01 Å². The third-order valence-corrected chi connectivity index (χ3v) is 4.04. The van der Waals surface area contributed by atoms with Gasteiger partial charge in [-0.3, -0.25) is 0 Å². The van der Waals surface area contributed by atoms with E-state index in [1.54, 1.807) is 0 Å². The number of halogens is 2. The molecular formula is C10H13F2N3O2S. The fourth-order valence-electron chi connectivity index (χ4n) is 2.09. The smallest absolute Gasteiger partial charge is 0.404 e. The number of nitrogens with zero attached hydrogens (tertiary/aromatic N) is 2. The molecule has 1 aliphatic rings. The van der Waals surface area contributed by atoms with E-state index < -0.39 is 12.5 Å². The molecule has 1 heterocycles. The van der Waals surface area contributed by atoms with Crippen LogP contribution in [-0.4, -0.2) is 22.4 Å². The number of alkyl halides is 2. The average Bonchev–Trinajstić information content (AvgIpc) is 2.78. The first-order valence-corrected chi connectivity index (χ1v) is 6.45. The lowest BCUT2D eigenvalue weighted by molar-refractivity contribution is 0.0786. The maximum absolute atomic E-state index is 12.4. The van der Waals surface area contributed by atoms with Crippen LogP contribution >= 0.6 is 11.3 Å². The third kappa shape index (κ3) is 3.12. The van der Waals surface area contributed by atoms with E-state index in [0.29, 0.717) is 17.8 Å². The summed E-state index contributed by atoms with van der Waals surface area (Å²) in [5, 5.41) is 7.68. The molecule has 0 bridgehead atoms. The molecule has 0 aliphatic heterocycles. The topological polar surface area (TPSA) is 78.1 Å². The van der Waals surface area contributed by atoms with Crippen molar-refractivity contribution in [2.45, 2.75) is 44.1 Å². The van der Waals surface area contributed by atoms with E-state index in [1.165, 1.54) is 0 Å². The molecule has 0 radical (unpaired) electrons. The number of carbonyl (C=O) groups excluding carboxylic acids is 1. The molecule has 0 unspecified atom stereocenters. The van der Waals surface area contributed by atoms with Gasteiger partial charge in [0.05, 0.1) is 0 Å². The van der Waals surface area contributed by atoms with Gasteiger partial charge >= 0.3 is 6.09 Å². The summed E-state index contributed by atoms with van der Waals surface area (Å²) in [6.45, 7) is 0. The van der Waals surface area contributed by atoms with Gasteiger partial charge in [-0.1, -0.05) is 11.3 Å². The van der Waals surface area contributed by atoms with Crippen LogP contribution in [-0.2, 0) is 4.74 Å². The standard InChI is InChI=1S/C10H13F2N3O2S/c11-7(12)9-15-14-8(18-9)5-1-3-6(4-2-5)17-10(13)16/h5-7H,1-4H2,(H2,13,16)/t5-,6-. The zero-order valence-corrected chi connectivity index (χ0v) is 10.3. The van der Waals surface area contributed by atoms with Crippen LogP contribution in [0.3, 0.4) is 0 Å². The fourth-order valence-corrected chi connectivity index (χ4v) is 2.96. The molecule has 0 spiro atoms. The molecular weight excluding hydrogens is 264 g/mol. The summed E-state index contributed by atoms with van der Waals surface area (Å²) in [6.07, 6.45) is -0.651. The first kappa shape index (κ1) is 13.1. The number of rotatable bonds is 3. The number of primary amides is 1. The number of hydrogen-bond donors (Lipinski definition) is 1. The van der Waals surface area contributed by atoms with Crippen molar-refractivity contribution in [3.63, 3.8) is 0 Å².